The minimum Gasteiger partial charge on any atom is -0.419 e. The van der Waals surface area contributed by atoms with E-state index >= 15 is 0 Å². The molecule has 1 aliphatic rings. The highest BCUT2D eigenvalue weighted by Crippen LogP contribution is 2.32. The lowest BCUT2D eigenvalue weighted by Gasteiger charge is -2.20. The van der Waals surface area contributed by atoms with E-state index < -0.39 is 15.6 Å². The zero-order valence-electron chi connectivity index (χ0n) is 18.2. The second-order valence-corrected chi connectivity index (χ2v) is 10.3. The van der Waals surface area contributed by atoms with Crippen LogP contribution in [0.25, 0.3) is 11.5 Å². The van der Waals surface area contributed by atoms with Crippen LogP contribution in [-0.2, 0) is 22.0 Å². The third kappa shape index (κ3) is 4.66. The summed E-state index contributed by atoms with van der Waals surface area (Å²) < 4.78 is 31.5. The SMILES string of the molecule is CN(c1cc(-c2nnc([C@](C)(N)Cc3ccccc3)o2)cc(C2CNC=N2)c1)S(C)(=O)=O. The monoisotopic (exact) mass is 454 g/mol. The quantitative estimate of drug-likeness (QED) is 0.560. The van der Waals surface area contributed by atoms with Crippen LogP contribution in [0.15, 0.2) is 57.9 Å². The third-order valence-corrected chi connectivity index (χ3v) is 6.62. The number of aliphatic imine (C=N–C) groups is 1. The molecule has 10 heteroatoms. The molecule has 0 amide bonds. The third-order valence-electron chi connectivity index (χ3n) is 5.42. The largest absolute Gasteiger partial charge is 0.419 e. The number of rotatable bonds is 7. The van der Waals surface area contributed by atoms with Crippen molar-refractivity contribution >= 4 is 22.0 Å². The molecule has 0 saturated heterocycles. The molecule has 0 saturated carbocycles. The van der Waals surface area contributed by atoms with Crippen molar-refractivity contribution in [3.05, 3.63) is 65.5 Å². The fraction of sp³-hybridized carbons (Fsp3) is 0.318. The first-order chi connectivity index (χ1) is 15.1. The number of hydrogen-bond acceptors (Lipinski definition) is 8. The van der Waals surface area contributed by atoms with Crippen LogP contribution >= 0.6 is 0 Å². The van der Waals surface area contributed by atoms with Crippen LogP contribution in [0, 0.1) is 0 Å². The zero-order chi connectivity index (χ0) is 22.9. The molecule has 1 aliphatic heterocycles. The summed E-state index contributed by atoms with van der Waals surface area (Å²) in [6.45, 7) is 2.47. The lowest BCUT2D eigenvalue weighted by Crippen LogP contribution is -2.35. The van der Waals surface area contributed by atoms with E-state index in [0.717, 1.165) is 17.4 Å². The summed E-state index contributed by atoms with van der Waals surface area (Å²) in [7, 11) is -1.95. The van der Waals surface area contributed by atoms with Crippen molar-refractivity contribution in [2.24, 2.45) is 10.7 Å². The van der Waals surface area contributed by atoms with Gasteiger partial charge in [-0.3, -0.25) is 9.30 Å². The lowest BCUT2D eigenvalue weighted by molar-refractivity contribution is 0.355. The molecule has 1 unspecified atom stereocenters. The summed E-state index contributed by atoms with van der Waals surface area (Å²) in [6, 6.07) is 15.1. The summed E-state index contributed by atoms with van der Waals surface area (Å²) in [6.07, 6.45) is 3.33. The molecular formula is C22H26N6O3S. The van der Waals surface area contributed by atoms with Gasteiger partial charge < -0.3 is 15.5 Å². The lowest BCUT2D eigenvalue weighted by atomic mass is 9.94. The maximum atomic E-state index is 12.1. The van der Waals surface area contributed by atoms with Gasteiger partial charge in [-0.2, -0.15) is 0 Å². The van der Waals surface area contributed by atoms with Crippen LogP contribution in [0.1, 0.15) is 30.0 Å². The van der Waals surface area contributed by atoms with E-state index in [2.05, 4.69) is 20.5 Å². The van der Waals surface area contributed by atoms with E-state index in [1.807, 2.05) is 43.3 Å². The summed E-state index contributed by atoms with van der Waals surface area (Å²) in [5.41, 5.74) is 8.64. The van der Waals surface area contributed by atoms with E-state index in [9.17, 15) is 8.42 Å². The molecule has 0 aliphatic carbocycles. The molecule has 0 fully saturated rings. The van der Waals surface area contributed by atoms with Crippen molar-refractivity contribution in [1.82, 2.24) is 15.5 Å². The van der Waals surface area contributed by atoms with Crippen LogP contribution in [-0.4, -0.2) is 44.8 Å². The van der Waals surface area contributed by atoms with Crippen LogP contribution < -0.4 is 15.4 Å². The van der Waals surface area contributed by atoms with Crippen molar-refractivity contribution in [2.75, 3.05) is 24.2 Å². The molecule has 2 atom stereocenters. The fourth-order valence-electron chi connectivity index (χ4n) is 3.55. The molecular weight excluding hydrogens is 428 g/mol. The molecule has 0 bridgehead atoms. The Bertz CT molecular complexity index is 1240. The predicted octanol–water partition coefficient (Wildman–Crippen LogP) is 2.22. The smallest absolute Gasteiger partial charge is 0.247 e. The second-order valence-electron chi connectivity index (χ2n) is 8.24. The van der Waals surface area contributed by atoms with Crippen LogP contribution in [0.3, 0.4) is 0 Å². The Kier molecular flexibility index (Phi) is 5.74. The van der Waals surface area contributed by atoms with Crippen molar-refractivity contribution in [3.8, 4) is 11.5 Å². The minimum absolute atomic E-state index is 0.137. The highest BCUT2D eigenvalue weighted by atomic mass is 32.2. The number of nitrogens with one attached hydrogen (secondary N) is 1. The first kappa shape index (κ1) is 22.0. The van der Waals surface area contributed by atoms with Crippen molar-refractivity contribution < 1.29 is 12.8 Å². The van der Waals surface area contributed by atoms with E-state index in [1.54, 1.807) is 18.5 Å². The first-order valence-electron chi connectivity index (χ1n) is 10.1. The predicted molar refractivity (Wildman–Crippen MR) is 124 cm³/mol. The standard InChI is InChI=1S/C22H26N6O3S/c1-22(23,12-15-7-5-4-6-8-15)21-27-26-20(31-21)17-9-16(19-13-24-14-25-19)10-18(11-17)28(2)32(3,29)30/h4-11,14,19H,12-13,23H2,1-3H3,(H,24,25)/t19?,22-/m1/s1. The summed E-state index contributed by atoms with van der Waals surface area (Å²) in [5, 5.41) is 11.5. The van der Waals surface area contributed by atoms with Gasteiger partial charge in [-0.05, 0) is 42.7 Å². The Balaban J connectivity index is 1.71. The molecule has 4 rings (SSSR count). The molecule has 3 N–H and O–H groups in total. The minimum atomic E-state index is -3.46. The molecule has 0 radical (unpaired) electrons. The van der Waals surface area contributed by atoms with Gasteiger partial charge in [-0.15, -0.1) is 10.2 Å². The summed E-state index contributed by atoms with van der Waals surface area (Å²) >= 11 is 0. The summed E-state index contributed by atoms with van der Waals surface area (Å²) in [5.74, 6) is 0.574. The molecule has 2 aromatic carbocycles. The molecule has 0 spiro atoms. The second kappa shape index (κ2) is 8.36. The van der Waals surface area contributed by atoms with Crippen molar-refractivity contribution in [2.45, 2.75) is 24.9 Å². The molecule has 2 heterocycles. The van der Waals surface area contributed by atoms with Gasteiger partial charge in [0.1, 0.15) is 0 Å². The van der Waals surface area contributed by atoms with Gasteiger partial charge in [-0.25, -0.2) is 8.42 Å². The number of anilines is 1. The topological polar surface area (TPSA) is 127 Å². The average Bonchev–Trinajstić information content (AvgIpc) is 3.45. The van der Waals surface area contributed by atoms with Gasteiger partial charge >= 0.3 is 0 Å². The van der Waals surface area contributed by atoms with Crippen LogP contribution in [0.5, 0.6) is 0 Å². The summed E-state index contributed by atoms with van der Waals surface area (Å²) in [4.78, 5) is 4.40. The average molecular weight is 455 g/mol. The highest BCUT2D eigenvalue weighted by Gasteiger charge is 2.29. The number of nitrogens with zero attached hydrogens (tertiary/aromatic N) is 4. The van der Waals surface area contributed by atoms with Crippen molar-refractivity contribution in [3.63, 3.8) is 0 Å². The molecule has 32 heavy (non-hydrogen) atoms. The molecule has 168 valence electrons. The zero-order valence-corrected chi connectivity index (χ0v) is 19.0. The van der Waals surface area contributed by atoms with E-state index in [4.69, 9.17) is 10.2 Å². The van der Waals surface area contributed by atoms with Crippen molar-refractivity contribution in [1.29, 1.82) is 0 Å². The number of nitrogens with two attached hydrogens (primary N) is 1. The molecule has 9 nitrogen and oxygen atoms in total. The highest BCUT2D eigenvalue weighted by molar-refractivity contribution is 7.92. The van der Waals surface area contributed by atoms with E-state index in [1.165, 1.54) is 11.4 Å². The van der Waals surface area contributed by atoms with Gasteiger partial charge in [-0.1, -0.05) is 30.3 Å². The number of hydrogen-bond donors (Lipinski definition) is 2. The number of sulfonamides is 1. The Morgan fingerprint density at radius 2 is 1.97 bits per heavy atom. The van der Waals surface area contributed by atoms with Crippen LogP contribution in [0.4, 0.5) is 5.69 Å². The van der Waals surface area contributed by atoms with Gasteiger partial charge in [0.2, 0.25) is 21.8 Å². The Morgan fingerprint density at radius 1 is 1.22 bits per heavy atom. The van der Waals surface area contributed by atoms with Gasteiger partial charge in [0.25, 0.3) is 0 Å². The Morgan fingerprint density at radius 3 is 2.62 bits per heavy atom. The van der Waals surface area contributed by atoms with Crippen LogP contribution in [0.2, 0.25) is 0 Å². The van der Waals surface area contributed by atoms with Gasteiger partial charge in [0.15, 0.2) is 0 Å². The number of aromatic nitrogens is 2. The van der Waals surface area contributed by atoms with Gasteiger partial charge in [0, 0.05) is 19.2 Å². The van der Waals surface area contributed by atoms with Gasteiger partial charge in [0.05, 0.1) is 29.9 Å². The first-order valence-corrected chi connectivity index (χ1v) is 12.0. The maximum Gasteiger partial charge on any atom is 0.247 e. The number of benzene rings is 2. The Labute approximate surface area is 187 Å². The Hall–Kier alpha value is -3.24. The molecule has 1 aromatic heterocycles. The fourth-order valence-corrected chi connectivity index (χ4v) is 4.04. The molecule has 3 aromatic rings. The maximum absolute atomic E-state index is 12.1. The van der Waals surface area contributed by atoms with E-state index in [-0.39, 0.29) is 11.9 Å². The normalized spacial score (nSPS) is 17.7. The van der Waals surface area contributed by atoms with E-state index in [0.29, 0.717) is 30.1 Å².